The minimum Gasteiger partial charge on any atom is -0.497 e. The zero-order valence-electron chi connectivity index (χ0n) is 27.0. The van der Waals surface area contributed by atoms with Crippen LogP contribution in [0.5, 0.6) is 11.5 Å². The molecule has 3 unspecified atom stereocenters. The van der Waals surface area contributed by atoms with Crippen molar-refractivity contribution in [1.82, 2.24) is 4.90 Å². The summed E-state index contributed by atoms with van der Waals surface area (Å²) in [4.78, 5) is 29.0. The van der Waals surface area contributed by atoms with E-state index in [1.165, 1.54) is 7.11 Å². The molecule has 10 nitrogen and oxygen atoms in total. The second-order valence-electron chi connectivity index (χ2n) is 13.1. The molecule has 0 amide bonds. The minimum absolute atomic E-state index is 0.155. The molecule has 4 atom stereocenters. The van der Waals surface area contributed by atoms with Gasteiger partial charge in [0.2, 0.25) is 6.79 Å². The molecule has 46 heavy (non-hydrogen) atoms. The van der Waals surface area contributed by atoms with E-state index < -0.39 is 41.2 Å². The van der Waals surface area contributed by atoms with Crippen LogP contribution in [-0.2, 0) is 41.6 Å². The summed E-state index contributed by atoms with van der Waals surface area (Å²) in [5.41, 5.74) is -0.209. The van der Waals surface area contributed by atoms with E-state index in [9.17, 15) is 14.7 Å². The second-order valence-corrected chi connectivity index (χ2v) is 13.1. The smallest absolute Gasteiger partial charge is 0.339 e. The molecule has 3 aliphatic heterocycles. The van der Waals surface area contributed by atoms with Crippen molar-refractivity contribution in [3.05, 3.63) is 83.1 Å². The van der Waals surface area contributed by atoms with Gasteiger partial charge in [-0.15, -0.1) is 0 Å². The Morgan fingerprint density at radius 3 is 2.61 bits per heavy atom. The molecule has 0 bridgehead atoms. The summed E-state index contributed by atoms with van der Waals surface area (Å²) >= 11 is 0. The first-order valence-electron chi connectivity index (χ1n) is 15.9. The van der Waals surface area contributed by atoms with E-state index in [1.54, 1.807) is 19.3 Å². The Morgan fingerprint density at radius 1 is 1.11 bits per heavy atom. The predicted octanol–water partition coefficient (Wildman–Crippen LogP) is 4.58. The minimum atomic E-state index is -2.19. The van der Waals surface area contributed by atoms with Crippen molar-refractivity contribution in [2.45, 2.75) is 81.3 Å². The van der Waals surface area contributed by atoms with E-state index in [2.05, 4.69) is 11.0 Å². The highest BCUT2D eigenvalue weighted by Crippen LogP contribution is 2.55. The Morgan fingerprint density at radius 2 is 1.87 bits per heavy atom. The second kappa shape index (κ2) is 12.7. The van der Waals surface area contributed by atoms with Gasteiger partial charge < -0.3 is 33.5 Å². The number of hydrogen-bond acceptors (Lipinski definition) is 10. The number of fused-ring (bicyclic) bond motifs is 3. The topological polar surface area (TPSA) is 113 Å². The van der Waals surface area contributed by atoms with Crippen LogP contribution in [0.3, 0.4) is 0 Å². The van der Waals surface area contributed by atoms with Gasteiger partial charge >= 0.3 is 11.9 Å². The lowest BCUT2D eigenvalue weighted by atomic mass is 9.77. The molecular weight excluding hydrogens is 590 g/mol. The number of aliphatic hydroxyl groups is 1. The number of esters is 2. The van der Waals surface area contributed by atoms with E-state index in [0.717, 1.165) is 49.0 Å². The number of nitrogens with zero attached hydrogens (tertiary/aromatic N) is 1. The van der Waals surface area contributed by atoms with E-state index in [1.807, 2.05) is 56.3 Å². The molecule has 1 saturated heterocycles. The molecule has 246 valence electrons. The molecule has 4 aliphatic rings. The Labute approximate surface area is 269 Å². The number of methoxy groups -OCH3 is 2. The Balaban J connectivity index is 1.27. The zero-order chi connectivity index (χ0) is 32.5. The number of hydrogen-bond donors (Lipinski definition) is 1. The molecule has 0 saturated carbocycles. The molecule has 1 fully saturated rings. The van der Waals surface area contributed by atoms with Gasteiger partial charge in [-0.3, -0.25) is 9.69 Å². The number of carbonyl (C=O) groups excluding carboxylic acids is 2. The van der Waals surface area contributed by atoms with Crippen LogP contribution in [-0.4, -0.2) is 78.9 Å². The highest BCUT2D eigenvalue weighted by molar-refractivity contribution is 5.86. The molecule has 1 spiro atoms. The van der Waals surface area contributed by atoms with Crippen molar-refractivity contribution in [2.24, 2.45) is 0 Å². The van der Waals surface area contributed by atoms with Gasteiger partial charge in [0.1, 0.15) is 5.76 Å². The van der Waals surface area contributed by atoms with Crippen LogP contribution in [0.15, 0.2) is 66.5 Å². The van der Waals surface area contributed by atoms with Crippen LogP contribution in [0.2, 0.25) is 0 Å². The third-order valence-corrected chi connectivity index (χ3v) is 9.67. The van der Waals surface area contributed by atoms with Gasteiger partial charge in [-0.25, -0.2) is 4.79 Å². The highest BCUT2D eigenvalue weighted by Gasteiger charge is 2.59. The van der Waals surface area contributed by atoms with Crippen molar-refractivity contribution >= 4 is 11.9 Å². The highest BCUT2D eigenvalue weighted by atomic mass is 16.7. The van der Waals surface area contributed by atoms with Gasteiger partial charge in [0.25, 0.3) is 0 Å². The number of benzene rings is 2. The van der Waals surface area contributed by atoms with Gasteiger partial charge in [0, 0.05) is 13.0 Å². The summed E-state index contributed by atoms with van der Waals surface area (Å²) < 4.78 is 34.5. The fraction of sp³-hybridized carbons (Fsp3) is 0.500. The van der Waals surface area contributed by atoms with E-state index in [-0.39, 0.29) is 19.1 Å². The quantitative estimate of drug-likeness (QED) is 0.279. The first kappa shape index (κ1) is 32.1. The van der Waals surface area contributed by atoms with Gasteiger partial charge in [0.05, 0.1) is 44.3 Å². The maximum Gasteiger partial charge on any atom is 0.339 e. The predicted molar refractivity (Wildman–Crippen MR) is 168 cm³/mol. The van der Waals surface area contributed by atoms with Crippen molar-refractivity contribution < 1.29 is 43.1 Å². The molecular formula is C36H43NO9. The van der Waals surface area contributed by atoms with Crippen LogP contribution in [0, 0.1) is 0 Å². The van der Waals surface area contributed by atoms with Crippen molar-refractivity contribution in [3.63, 3.8) is 0 Å². The van der Waals surface area contributed by atoms with E-state index in [0.29, 0.717) is 23.9 Å². The summed E-state index contributed by atoms with van der Waals surface area (Å²) in [6, 6.07) is 13.8. The average molecular weight is 634 g/mol. The molecule has 1 aliphatic carbocycles. The fourth-order valence-electron chi connectivity index (χ4n) is 7.29. The summed E-state index contributed by atoms with van der Waals surface area (Å²) in [6.07, 6.45) is 6.57. The van der Waals surface area contributed by atoms with Crippen LogP contribution in [0.4, 0.5) is 0 Å². The average Bonchev–Trinajstić information content (AvgIpc) is 3.74. The molecule has 1 N–H and O–H groups in total. The van der Waals surface area contributed by atoms with Crippen LogP contribution in [0.25, 0.3) is 0 Å². The van der Waals surface area contributed by atoms with E-state index >= 15 is 0 Å². The lowest BCUT2D eigenvalue weighted by Crippen LogP contribution is -2.49. The molecule has 3 heterocycles. The first-order valence-corrected chi connectivity index (χ1v) is 15.9. The van der Waals surface area contributed by atoms with Crippen molar-refractivity contribution in [2.75, 3.05) is 34.1 Å². The van der Waals surface area contributed by atoms with Crippen molar-refractivity contribution in [3.8, 4) is 11.5 Å². The maximum atomic E-state index is 14.1. The Hall–Kier alpha value is -3.86. The standard InChI is InChI=1S/C36H43NO9/c1-34(2,45-22-24-10-6-5-7-11-24)13-8-15-36(40,21-30(38)42-4)33(39)46-32-29(41-3)20-35-14-9-16-37(35)17-12-25-18-27-28(44-23-43-27)19-26(25)31(32)35/h5-8,10-11,13,18-20,31-32,40H,9,12,14-17,21-23H2,1-4H3/b13-8+/t31-,32?,35?,36?/m1/s1. The SMILES string of the molecule is COC(=O)CC(O)(C/C=C/C(C)(C)OCc1ccccc1)C(=O)OC1C(OC)=CC23CCCN2CCc2cc4c(cc2[C@H]13)OCO4. The maximum absolute atomic E-state index is 14.1. The van der Waals surface area contributed by atoms with Gasteiger partial charge in [-0.05, 0) is 74.6 Å². The van der Waals surface area contributed by atoms with Crippen LogP contribution >= 0.6 is 0 Å². The lowest BCUT2D eigenvalue weighted by Gasteiger charge is -2.39. The molecule has 2 aromatic rings. The number of rotatable bonds is 11. The molecule has 0 radical (unpaired) electrons. The Kier molecular flexibility index (Phi) is 8.89. The number of ether oxygens (including phenoxy) is 6. The van der Waals surface area contributed by atoms with Gasteiger partial charge in [0.15, 0.2) is 23.2 Å². The molecule has 6 rings (SSSR count). The first-order chi connectivity index (χ1) is 22.1. The summed E-state index contributed by atoms with van der Waals surface area (Å²) in [6.45, 7) is 6.06. The summed E-state index contributed by atoms with van der Waals surface area (Å²) in [7, 11) is 2.79. The third-order valence-electron chi connectivity index (χ3n) is 9.67. The lowest BCUT2D eigenvalue weighted by molar-refractivity contribution is -0.177. The van der Waals surface area contributed by atoms with E-state index in [4.69, 9.17) is 28.4 Å². The summed E-state index contributed by atoms with van der Waals surface area (Å²) in [5, 5.41) is 11.8. The monoisotopic (exact) mass is 633 g/mol. The van der Waals surface area contributed by atoms with Crippen molar-refractivity contribution in [1.29, 1.82) is 0 Å². The van der Waals surface area contributed by atoms with Crippen LogP contribution < -0.4 is 9.47 Å². The molecule has 10 heteroatoms. The summed E-state index contributed by atoms with van der Waals surface area (Å²) in [5.74, 6) is -0.0951. The normalized spacial score (nSPS) is 24.8. The van der Waals surface area contributed by atoms with Gasteiger partial charge in [-0.2, -0.15) is 0 Å². The van der Waals surface area contributed by atoms with Crippen LogP contribution in [0.1, 0.15) is 62.1 Å². The van der Waals surface area contributed by atoms with Gasteiger partial charge in [-0.1, -0.05) is 42.5 Å². The Bertz CT molecular complexity index is 1520. The third kappa shape index (κ3) is 6.13. The largest absolute Gasteiger partial charge is 0.497 e. The zero-order valence-corrected chi connectivity index (χ0v) is 27.0. The number of carbonyl (C=O) groups is 2. The fourth-order valence-corrected chi connectivity index (χ4v) is 7.29. The molecule has 0 aromatic heterocycles. The molecule has 2 aromatic carbocycles.